The van der Waals surface area contributed by atoms with Crippen LogP contribution in [0, 0.1) is 0 Å². The first-order valence-corrected chi connectivity index (χ1v) is 10.1. The molecule has 1 aliphatic heterocycles. The Labute approximate surface area is 179 Å². The number of carboxylic acid groups (broad SMARTS) is 1. The summed E-state index contributed by atoms with van der Waals surface area (Å²) in [6.45, 7) is 0.224. The quantitative estimate of drug-likeness (QED) is 0.703. The van der Waals surface area contributed by atoms with Crippen LogP contribution in [0.2, 0.25) is 5.02 Å². The molecular formula is C22H23ClN2O5. The fourth-order valence-electron chi connectivity index (χ4n) is 3.55. The van der Waals surface area contributed by atoms with Gasteiger partial charge in [0, 0.05) is 24.5 Å². The van der Waals surface area contributed by atoms with Crippen LogP contribution in [0.15, 0.2) is 54.6 Å². The zero-order valence-corrected chi connectivity index (χ0v) is 17.0. The van der Waals surface area contributed by atoms with Crippen molar-refractivity contribution in [2.24, 2.45) is 0 Å². The SMILES string of the molecule is O=C(O)C(O)C(Cc1ccccc1)N(Cc1ccccc1Cl)C(=O)N1CCCC1=O. The number of likely N-dealkylation sites (tertiary alicyclic amines) is 1. The van der Waals surface area contributed by atoms with Crippen molar-refractivity contribution in [1.82, 2.24) is 9.80 Å². The van der Waals surface area contributed by atoms with Gasteiger partial charge in [0.2, 0.25) is 5.91 Å². The molecule has 0 aliphatic carbocycles. The minimum Gasteiger partial charge on any atom is -0.479 e. The summed E-state index contributed by atoms with van der Waals surface area (Å²) in [7, 11) is 0. The smallest absolute Gasteiger partial charge is 0.334 e. The molecule has 0 spiro atoms. The minimum absolute atomic E-state index is 0.0376. The maximum absolute atomic E-state index is 13.3. The van der Waals surface area contributed by atoms with Gasteiger partial charge >= 0.3 is 12.0 Å². The lowest BCUT2D eigenvalue weighted by atomic mass is 9.99. The maximum Gasteiger partial charge on any atom is 0.334 e. The van der Waals surface area contributed by atoms with E-state index in [9.17, 15) is 24.6 Å². The summed E-state index contributed by atoms with van der Waals surface area (Å²) < 4.78 is 0. The second kappa shape index (κ2) is 9.73. The van der Waals surface area contributed by atoms with E-state index in [0.717, 1.165) is 10.5 Å². The van der Waals surface area contributed by atoms with Gasteiger partial charge < -0.3 is 15.1 Å². The van der Waals surface area contributed by atoms with Crippen LogP contribution in [-0.2, 0) is 22.6 Å². The molecule has 3 rings (SSSR count). The summed E-state index contributed by atoms with van der Waals surface area (Å²) in [5, 5.41) is 20.4. The molecule has 1 fully saturated rings. The van der Waals surface area contributed by atoms with Gasteiger partial charge in [-0.2, -0.15) is 0 Å². The van der Waals surface area contributed by atoms with Crippen LogP contribution in [0.1, 0.15) is 24.0 Å². The zero-order chi connectivity index (χ0) is 21.7. The van der Waals surface area contributed by atoms with Crippen LogP contribution < -0.4 is 0 Å². The molecule has 2 N–H and O–H groups in total. The predicted molar refractivity (Wildman–Crippen MR) is 111 cm³/mol. The topological polar surface area (TPSA) is 98.2 Å². The second-order valence-corrected chi connectivity index (χ2v) is 7.60. The number of aliphatic hydroxyl groups is 1. The summed E-state index contributed by atoms with van der Waals surface area (Å²) in [6.07, 6.45) is -0.924. The molecule has 30 heavy (non-hydrogen) atoms. The third-order valence-electron chi connectivity index (χ3n) is 5.15. The summed E-state index contributed by atoms with van der Waals surface area (Å²) in [6, 6.07) is 14.2. The molecule has 0 bridgehead atoms. The van der Waals surface area contributed by atoms with Crippen molar-refractivity contribution >= 4 is 29.5 Å². The van der Waals surface area contributed by atoms with Crippen LogP contribution in [0.5, 0.6) is 0 Å². The predicted octanol–water partition coefficient (Wildman–Crippen LogP) is 2.94. The first-order chi connectivity index (χ1) is 14.4. The van der Waals surface area contributed by atoms with E-state index < -0.39 is 24.1 Å². The first kappa shape index (κ1) is 21.8. The van der Waals surface area contributed by atoms with Crippen LogP contribution in [-0.4, -0.2) is 56.6 Å². The molecule has 7 nitrogen and oxygen atoms in total. The molecule has 2 atom stereocenters. The Balaban J connectivity index is 2.00. The zero-order valence-electron chi connectivity index (χ0n) is 16.3. The monoisotopic (exact) mass is 430 g/mol. The minimum atomic E-state index is -1.84. The van der Waals surface area contributed by atoms with Crippen molar-refractivity contribution in [3.63, 3.8) is 0 Å². The Kier molecular flexibility index (Phi) is 7.07. The standard InChI is InChI=1S/C22H23ClN2O5/c23-17-10-5-4-9-16(17)14-25(22(30)24-12-6-11-19(24)26)18(20(27)21(28)29)13-15-7-2-1-3-8-15/h1-5,7-10,18,20,27H,6,11-14H2,(H,28,29). The lowest BCUT2D eigenvalue weighted by molar-refractivity contribution is -0.150. The highest BCUT2D eigenvalue weighted by atomic mass is 35.5. The lowest BCUT2D eigenvalue weighted by Crippen LogP contribution is -2.55. The molecule has 158 valence electrons. The van der Waals surface area contributed by atoms with E-state index in [2.05, 4.69) is 0 Å². The van der Waals surface area contributed by atoms with Gasteiger partial charge in [-0.1, -0.05) is 60.1 Å². The van der Waals surface area contributed by atoms with Crippen molar-refractivity contribution in [2.75, 3.05) is 6.54 Å². The average molecular weight is 431 g/mol. The van der Waals surface area contributed by atoms with Gasteiger partial charge in [0.1, 0.15) is 0 Å². The van der Waals surface area contributed by atoms with Crippen LogP contribution >= 0.6 is 11.6 Å². The number of carboxylic acids is 1. The van der Waals surface area contributed by atoms with Crippen molar-refractivity contribution < 1.29 is 24.6 Å². The number of hydrogen-bond acceptors (Lipinski definition) is 4. The van der Waals surface area contributed by atoms with Gasteiger partial charge in [0.05, 0.1) is 6.04 Å². The number of imide groups is 1. The number of aliphatic hydroxyl groups excluding tert-OH is 1. The number of carbonyl (C=O) groups is 3. The van der Waals surface area contributed by atoms with Gasteiger partial charge in [-0.05, 0) is 30.0 Å². The van der Waals surface area contributed by atoms with E-state index in [1.807, 2.05) is 6.07 Å². The van der Waals surface area contributed by atoms with Gasteiger partial charge in [0.15, 0.2) is 6.10 Å². The summed E-state index contributed by atoms with van der Waals surface area (Å²) in [4.78, 5) is 39.5. The average Bonchev–Trinajstić information content (AvgIpc) is 3.17. The van der Waals surface area contributed by atoms with Gasteiger partial charge in [-0.15, -0.1) is 0 Å². The highest BCUT2D eigenvalue weighted by Crippen LogP contribution is 2.24. The van der Waals surface area contributed by atoms with E-state index in [1.54, 1.807) is 48.5 Å². The second-order valence-electron chi connectivity index (χ2n) is 7.19. The number of aliphatic carboxylic acids is 1. The lowest BCUT2D eigenvalue weighted by Gasteiger charge is -2.36. The summed E-state index contributed by atoms with van der Waals surface area (Å²) in [5.41, 5.74) is 1.35. The van der Waals surface area contributed by atoms with Gasteiger partial charge in [0.25, 0.3) is 0 Å². The van der Waals surface area contributed by atoms with Crippen LogP contribution in [0.4, 0.5) is 4.79 Å². The highest BCUT2D eigenvalue weighted by Gasteiger charge is 2.39. The summed E-state index contributed by atoms with van der Waals surface area (Å²) >= 11 is 6.27. The Morgan fingerprint density at radius 2 is 1.77 bits per heavy atom. The van der Waals surface area contributed by atoms with E-state index in [1.165, 1.54) is 4.90 Å². The summed E-state index contributed by atoms with van der Waals surface area (Å²) in [5.74, 6) is -1.76. The Morgan fingerprint density at radius 3 is 2.37 bits per heavy atom. The molecule has 1 aliphatic rings. The van der Waals surface area contributed by atoms with Crippen molar-refractivity contribution in [3.05, 3.63) is 70.7 Å². The third kappa shape index (κ3) is 4.98. The largest absolute Gasteiger partial charge is 0.479 e. The molecular weight excluding hydrogens is 408 g/mol. The van der Waals surface area contributed by atoms with E-state index in [4.69, 9.17) is 11.6 Å². The number of halogens is 1. The molecule has 1 heterocycles. The van der Waals surface area contributed by atoms with E-state index in [-0.39, 0.29) is 31.8 Å². The van der Waals surface area contributed by atoms with E-state index in [0.29, 0.717) is 17.0 Å². The third-order valence-corrected chi connectivity index (χ3v) is 5.52. The highest BCUT2D eigenvalue weighted by molar-refractivity contribution is 6.31. The molecule has 0 saturated carbocycles. The maximum atomic E-state index is 13.3. The number of rotatable bonds is 7. The molecule has 1 saturated heterocycles. The molecule has 0 aromatic heterocycles. The van der Waals surface area contributed by atoms with Gasteiger partial charge in [-0.25, -0.2) is 9.59 Å². The fraction of sp³-hybridized carbons (Fsp3) is 0.318. The Hall–Kier alpha value is -2.90. The number of amides is 3. The molecule has 2 unspecified atom stereocenters. The molecule has 8 heteroatoms. The number of nitrogens with zero attached hydrogens (tertiary/aromatic N) is 2. The number of urea groups is 1. The van der Waals surface area contributed by atoms with Crippen molar-refractivity contribution in [1.29, 1.82) is 0 Å². The van der Waals surface area contributed by atoms with Crippen LogP contribution in [0.3, 0.4) is 0 Å². The Bertz CT molecular complexity index is 921. The normalized spacial score (nSPS) is 15.7. The molecule has 2 aromatic carbocycles. The number of hydrogen-bond donors (Lipinski definition) is 2. The molecule has 2 aromatic rings. The van der Waals surface area contributed by atoms with Crippen molar-refractivity contribution in [2.45, 2.75) is 38.0 Å². The number of benzene rings is 2. The Morgan fingerprint density at radius 1 is 1.10 bits per heavy atom. The van der Waals surface area contributed by atoms with Crippen LogP contribution in [0.25, 0.3) is 0 Å². The van der Waals surface area contributed by atoms with Gasteiger partial charge in [-0.3, -0.25) is 9.69 Å². The molecule has 0 radical (unpaired) electrons. The van der Waals surface area contributed by atoms with Crippen molar-refractivity contribution in [3.8, 4) is 0 Å². The molecule has 3 amide bonds. The number of carbonyl (C=O) groups excluding carboxylic acids is 2. The first-order valence-electron chi connectivity index (χ1n) is 9.67. The van der Waals surface area contributed by atoms with E-state index >= 15 is 0 Å². The fourth-order valence-corrected chi connectivity index (χ4v) is 3.75.